The Morgan fingerprint density at radius 1 is 1.62 bits per heavy atom. The van der Waals surface area contributed by atoms with E-state index in [1.165, 1.54) is 10.5 Å². The molecule has 0 spiro atoms. The third kappa shape index (κ3) is 3.54. The third-order valence-electron chi connectivity index (χ3n) is 3.66. The summed E-state index contributed by atoms with van der Waals surface area (Å²) in [5.41, 5.74) is 2.38. The lowest BCUT2D eigenvalue weighted by Gasteiger charge is -2.18. The molecule has 112 valence electrons. The van der Waals surface area contributed by atoms with Crippen LogP contribution in [-0.2, 0) is 6.42 Å². The molecule has 1 aliphatic carbocycles. The average molecular weight is 288 g/mol. The lowest BCUT2D eigenvalue weighted by Crippen LogP contribution is -2.34. The number of aryl methyl sites for hydroxylation is 1. The van der Waals surface area contributed by atoms with Crippen molar-refractivity contribution in [1.29, 1.82) is 0 Å². The van der Waals surface area contributed by atoms with Gasteiger partial charge in [0.25, 0.3) is 0 Å². The zero-order valence-electron chi connectivity index (χ0n) is 12.1. The molecule has 2 N–H and O–H groups in total. The van der Waals surface area contributed by atoms with Crippen LogP contribution in [0.15, 0.2) is 18.2 Å². The summed E-state index contributed by atoms with van der Waals surface area (Å²) in [5.74, 6) is 3.06. The molecule has 0 aliphatic heterocycles. The number of benzene rings is 1. The molecule has 0 saturated carbocycles. The van der Waals surface area contributed by atoms with E-state index in [0.29, 0.717) is 18.8 Å². The SMILES string of the molecule is C#CCNC1CCc2ccc(OC(=O)N(CC)CO)cc21. The molecule has 1 unspecified atom stereocenters. The van der Waals surface area contributed by atoms with Gasteiger partial charge in [-0.05, 0) is 43.0 Å². The number of hydrogen-bond acceptors (Lipinski definition) is 4. The Kier molecular flexibility index (Phi) is 5.20. The van der Waals surface area contributed by atoms with E-state index in [0.717, 1.165) is 18.4 Å². The average Bonchev–Trinajstić information content (AvgIpc) is 2.89. The number of ether oxygens (including phenoxy) is 1. The van der Waals surface area contributed by atoms with Gasteiger partial charge in [0.05, 0.1) is 6.54 Å². The Labute approximate surface area is 124 Å². The summed E-state index contributed by atoms with van der Waals surface area (Å²) >= 11 is 0. The number of terminal acetylenes is 1. The zero-order chi connectivity index (χ0) is 15.2. The summed E-state index contributed by atoms with van der Waals surface area (Å²) < 4.78 is 5.30. The van der Waals surface area contributed by atoms with Crippen LogP contribution in [0.5, 0.6) is 5.75 Å². The van der Waals surface area contributed by atoms with Crippen LogP contribution >= 0.6 is 0 Å². The molecule has 0 fully saturated rings. The summed E-state index contributed by atoms with van der Waals surface area (Å²) in [5, 5.41) is 12.4. The molecule has 2 rings (SSSR count). The van der Waals surface area contributed by atoms with Gasteiger partial charge in [-0.15, -0.1) is 6.42 Å². The van der Waals surface area contributed by atoms with Gasteiger partial charge in [0.15, 0.2) is 0 Å². The van der Waals surface area contributed by atoms with Crippen LogP contribution in [-0.4, -0.2) is 35.9 Å². The Morgan fingerprint density at radius 2 is 2.43 bits per heavy atom. The minimum Gasteiger partial charge on any atom is -0.410 e. The van der Waals surface area contributed by atoms with Crippen LogP contribution in [0.1, 0.15) is 30.5 Å². The van der Waals surface area contributed by atoms with E-state index in [1.54, 1.807) is 13.0 Å². The fourth-order valence-electron chi connectivity index (χ4n) is 2.49. The van der Waals surface area contributed by atoms with Gasteiger partial charge in [-0.25, -0.2) is 4.79 Å². The van der Waals surface area contributed by atoms with Crippen LogP contribution in [0.25, 0.3) is 0 Å². The Hall–Kier alpha value is -2.03. The van der Waals surface area contributed by atoms with Crippen molar-refractivity contribution in [2.45, 2.75) is 25.8 Å². The highest BCUT2D eigenvalue weighted by Crippen LogP contribution is 2.33. The van der Waals surface area contributed by atoms with Crippen LogP contribution in [0.4, 0.5) is 4.79 Å². The fourth-order valence-corrected chi connectivity index (χ4v) is 2.49. The molecular formula is C16H20N2O3. The lowest BCUT2D eigenvalue weighted by atomic mass is 10.1. The largest absolute Gasteiger partial charge is 0.417 e. The number of hydrogen-bond donors (Lipinski definition) is 2. The first kappa shape index (κ1) is 15.4. The molecule has 0 radical (unpaired) electrons. The number of aliphatic hydroxyl groups is 1. The van der Waals surface area contributed by atoms with Gasteiger partial charge in [0.2, 0.25) is 0 Å². The van der Waals surface area contributed by atoms with Gasteiger partial charge in [-0.1, -0.05) is 12.0 Å². The molecule has 0 aromatic heterocycles. The number of aliphatic hydroxyl groups excluding tert-OH is 1. The summed E-state index contributed by atoms with van der Waals surface area (Å²) in [4.78, 5) is 13.0. The number of rotatable bonds is 5. The Balaban J connectivity index is 2.10. The second-order valence-electron chi connectivity index (χ2n) is 4.90. The van der Waals surface area contributed by atoms with Crippen molar-refractivity contribution in [3.8, 4) is 18.1 Å². The Morgan fingerprint density at radius 3 is 3.10 bits per heavy atom. The van der Waals surface area contributed by atoms with E-state index in [1.807, 2.05) is 12.1 Å². The van der Waals surface area contributed by atoms with E-state index < -0.39 is 6.09 Å². The van der Waals surface area contributed by atoms with Crippen molar-refractivity contribution < 1.29 is 14.6 Å². The number of amides is 1. The molecule has 1 aromatic carbocycles. The lowest BCUT2D eigenvalue weighted by molar-refractivity contribution is 0.0973. The predicted octanol–water partition coefficient (Wildman–Crippen LogP) is 1.67. The number of carbonyl (C=O) groups excluding carboxylic acids is 1. The van der Waals surface area contributed by atoms with Gasteiger partial charge in [-0.2, -0.15) is 0 Å². The highest BCUT2D eigenvalue weighted by atomic mass is 16.6. The van der Waals surface area contributed by atoms with Gasteiger partial charge in [0, 0.05) is 12.6 Å². The van der Waals surface area contributed by atoms with Crippen molar-refractivity contribution >= 4 is 6.09 Å². The first-order valence-corrected chi connectivity index (χ1v) is 7.06. The van der Waals surface area contributed by atoms with Crippen molar-refractivity contribution in [1.82, 2.24) is 10.2 Å². The number of fused-ring (bicyclic) bond motifs is 1. The topological polar surface area (TPSA) is 61.8 Å². The molecule has 0 saturated heterocycles. The molecule has 0 heterocycles. The smallest absolute Gasteiger partial charge is 0.410 e. The van der Waals surface area contributed by atoms with Gasteiger partial charge < -0.3 is 9.84 Å². The van der Waals surface area contributed by atoms with Gasteiger partial charge >= 0.3 is 6.09 Å². The van der Waals surface area contributed by atoms with Gasteiger partial charge in [-0.3, -0.25) is 10.2 Å². The quantitative estimate of drug-likeness (QED) is 0.639. The van der Waals surface area contributed by atoms with Crippen LogP contribution < -0.4 is 10.1 Å². The summed E-state index contributed by atoms with van der Waals surface area (Å²) in [6.45, 7) is 2.33. The fraction of sp³-hybridized carbons (Fsp3) is 0.438. The molecule has 5 heteroatoms. The number of nitrogens with one attached hydrogen (secondary N) is 1. The molecule has 1 aromatic rings. The highest BCUT2D eigenvalue weighted by Gasteiger charge is 2.23. The molecule has 21 heavy (non-hydrogen) atoms. The van der Waals surface area contributed by atoms with Crippen molar-refractivity contribution in [3.63, 3.8) is 0 Å². The predicted molar refractivity (Wildman–Crippen MR) is 79.8 cm³/mol. The number of nitrogens with zero attached hydrogens (tertiary/aromatic N) is 1. The maximum atomic E-state index is 11.8. The molecule has 5 nitrogen and oxygen atoms in total. The molecule has 0 bridgehead atoms. The van der Waals surface area contributed by atoms with Crippen LogP contribution in [0.2, 0.25) is 0 Å². The zero-order valence-corrected chi connectivity index (χ0v) is 12.1. The summed E-state index contributed by atoms with van der Waals surface area (Å²) in [6.07, 6.45) is 6.71. The van der Waals surface area contributed by atoms with E-state index in [-0.39, 0.29) is 12.8 Å². The van der Waals surface area contributed by atoms with Crippen molar-refractivity contribution in [2.24, 2.45) is 0 Å². The maximum Gasteiger partial charge on any atom is 0.417 e. The molecule has 1 atom stereocenters. The minimum absolute atomic E-state index is 0.204. The van der Waals surface area contributed by atoms with Crippen LogP contribution in [0.3, 0.4) is 0 Å². The van der Waals surface area contributed by atoms with E-state index >= 15 is 0 Å². The van der Waals surface area contributed by atoms with E-state index in [2.05, 4.69) is 11.2 Å². The maximum absolute atomic E-state index is 11.8. The Bertz CT molecular complexity index is 547. The third-order valence-corrected chi connectivity index (χ3v) is 3.66. The van der Waals surface area contributed by atoms with E-state index in [4.69, 9.17) is 16.3 Å². The number of carbonyl (C=O) groups is 1. The van der Waals surface area contributed by atoms with E-state index in [9.17, 15) is 4.79 Å². The summed E-state index contributed by atoms with van der Waals surface area (Å²) in [7, 11) is 0. The second-order valence-corrected chi connectivity index (χ2v) is 4.90. The van der Waals surface area contributed by atoms with Crippen molar-refractivity contribution in [2.75, 3.05) is 19.8 Å². The van der Waals surface area contributed by atoms with Crippen LogP contribution in [0, 0.1) is 12.3 Å². The monoisotopic (exact) mass is 288 g/mol. The molecule has 1 aliphatic rings. The molecular weight excluding hydrogens is 268 g/mol. The standard InChI is InChI=1S/C16H20N2O3/c1-3-9-17-15-8-6-12-5-7-13(10-14(12)15)21-16(20)18(4-2)11-19/h1,5,7,10,15,17,19H,4,6,8-9,11H2,2H3. The first-order chi connectivity index (χ1) is 10.2. The van der Waals surface area contributed by atoms with Gasteiger partial charge in [0.1, 0.15) is 12.5 Å². The summed E-state index contributed by atoms with van der Waals surface area (Å²) in [6, 6.07) is 5.84. The molecule has 1 amide bonds. The second kappa shape index (κ2) is 7.11. The van der Waals surface area contributed by atoms with Crippen molar-refractivity contribution in [3.05, 3.63) is 29.3 Å². The minimum atomic E-state index is -0.550. The normalized spacial score (nSPS) is 16.1. The first-order valence-electron chi connectivity index (χ1n) is 7.06. The highest BCUT2D eigenvalue weighted by molar-refractivity contribution is 5.70.